The summed E-state index contributed by atoms with van der Waals surface area (Å²) in [5.74, 6) is 1.87. The number of aromatic nitrogens is 4. The summed E-state index contributed by atoms with van der Waals surface area (Å²) in [6, 6.07) is 7.06. The zero-order valence-corrected chi connectivity index (χ0v) is 17.4. The highest BCUT2D eigenvalue weighted by atomic mass is 16.3. The van der Waals surface area contributed by atoms with E-state index in [-0.39, 0.29) is 0 Å². The Morgan fingerprint density at radius 3 is 2.77 bits per heavy atom. The maximum atomic E-state index is 5.48. The molecule has 1 unspecified atom stereocenters. The number of rotatable bonds is 6. The number of hydrogen-bond acceptors (Lipinski definition) is 7. The molecule has 5 rings (SSSR count). The second-order valence-electron chi connectivity index (χ2n) is 8.37. The van der Waals surface area contributed by atoms with Crippen LogP contribution in [0.2, 0.25) is 0 Å². The van der Waals surface area contributed by atoms with Crippen molar-refractivity contribution < 1.29 is 4.42 Å². The minimum atomic E-state index is 0.497. The fourth-order valence-electron chi connectivity index (χ4n) is 4.51. The van der Waals surface area contributed by atoms with Crippen molar-refractivity contribution in [2.75, 3.05) is 31.1 Å². The Balaban J connectivity index is 1.13. The monoisotopic (exact) mass is 407 g/mol. The van der Waals surface area contributed by atoms with Crippen molar-refractivity contribution in [1.29, 1.82) is 0 Å². The molecule has 0 amide bonds. The van der Waals surface area contributed by atoms with Crippen LogP contribution in [0.4, 0.5) is 5.95 Å². The molecular formula is C22H29N7O. The Morgan fingerprint density at radius 1 is 1.13 bits per heavy atom. The highest BCUT2D eigenvalue weighted by molar-refractivity contribution is 5.58. The summed E-state index contributed by atoms with van der Waals surface area (Å²) in [7, 11) is 1.92. The van der Waals surface area contributed by atoms with Crippen molar-refractivity contribution in [2.24, 2.45) is 7.05 Å². The van der Waals surface area contributed by atoms with Gasteiger partial charge in [0.25, 0.3) is 0 Å². The van der Waals surface area contributed by atoms with E-state index in [1.54, 1.807) is 10.9 Å². The van der Waals surface area contributed by atoms with E-state index in [9.17, 15) is 0 Å². The van der Waals surface area contributed by atoms with Gasteiger partial charge in [0.2, 0.25) is 5.95 Å². The molecule has 0 spiro atoms. The molecule has 0 aromatic carbocycles. The SMILES string of the molecule is Cn1cc(-c2ccnc(N3CCC(NC4CCN(Cc5ccco5)CC4)C3)n2)cn1. The number of anilines is 1. The first-order chi connectivity index (χ1) is 14.7. The normalized spacial score (nSPS) is 20.8. The van der Waals surface area contributed by atoms with Crippen molar-refractivity contribution in [2.45, 2.75) is 37.9 Å². The molecule has 158 valence electrons. The van der Waals surface area contributed by atoms with Crippen LogP contribution >= 0.6 is 0 Å². The Bertz CT molecular complexity index is 946. The van der Waals surface area contributed by atoms with Gasteiger partial charge in [0.1, 0.15) is 5.76 Å². The lowest BCUT2D eigenvalue weighted by Crippen LogP contribution is -2.46. The van der Waals surface area contributed by atoms with E-state index in [1.165, 1.54) is 12.8 Å². The van der Waals surface area contributed by atoms with E-state index in [2.05, 4.69) is 31.3 Å². The molecule has 2 saturated heterocycles. The van der Waals surface area contributed by atoms with Crippen LogP contribution in [-0.2, 0) is 13.6 Å². The number of piperidine rings is 1. The van der Waals surface area contributed by atoms with Crippen molar-refractivity contribution in [1.82, 2.24) is 30.0 Å². The number of furan rings is 1. The smallest absolute Gasteiger partial charge is 0.225 e. The second kappa shape index (κ2) is 8.57. The van der Waals surface area contributed by atoms with Gasteiger partial charge in [-0.25, -0.2) is 9.97 Å². The molecule has 8 heteroatoms. The summed E-state index contributed by atoms with van der Waals surface area (Å²) >= 11 is 0. The third-order valence-electron chi connectivity index (χ3n) is 6.13. The van der Waals surface area contributed by atoms with Crippen molar-refractivity contribution in [3.8, 4) is 11.3 Å². The van der Waals surface area contributed by atoms with Gasteiger partial charge in [0.05, 0.1) is 24.7 Å². The minimum absolute atomic E-state index is 0.497. The predicted octanol–water partition coefficient (Wildman–Crippen LogP) is 2.30. The first-order valence-corrected chi connectivity index (χ1v) is 10.8. The van der Waals surface area contributed by atoms with Crippen LogP contribution in [-0.4, -0.2) is 62.9 Å². The van der Waals surface area contributed by atoms with Gasteiger partial charge in [-0.3, -0.25) is 9.58 Å². The van der Waals surface area contributed by atoms with E-state index in [0.717, 1.165) is 62.1 Å². The first-order valence-electron chi connectivity index (χ1n) is 10.8. The average Bonchev–Trinajstić information content (AvgIpc) is 3.52. The molecule has 30 heavy (non-hydrogen) atoms. The van der Waals surface area contributed by atoms with Crippen molar-refractivity contribution in [3.05, 3.63) is 48.8 Å². The van der Waals surface area contributed by atoms with Crippen molar-refractivity contribution >= 4 is 5.95 Å². The lowest BCUT2D eigenvalue weighted by molar-refractivity contribution is 0.174. The van der Waals surface area contributed by atoms with E-state index in [0.29, 0.717) is 12.1 Å². The molecule has 1 atom stereocenters. The van der Waals surface area contributed by atoms with Gasteiger partial charge in [-0.15, -0.1) is 0 Å². The topological polar surface area (TPSA) is 75.2 Å². The maximum Gasteiger partial charge on any atom is 0.225 e. The Hall–Kier alpha value is -2.71. The Kier molecular flexibility index (Phi) is 5.50. The minimum Gasteiger partial charge on any atom is -0.468 e. The van der Waals surface area contributed by atoms with Crippen LogP contribution in [0, 0.1) is 0 Å². The molecule has 2 aliphatic heterocycles. The van der Waals surface area contributed by atoms with Crippen LogP contribution < -0.4 is 10.2 Å². The van der Waals surface area contributed by atoms with Gasteiger partial charge < -0.3 is 14.6 Å². The zero-order chi connectivity index (χ0) is 20.3. The highest BCUT2D eigenvalue weighted by Crippen LogP contribution is 2.22. The number of likely N-dealkylation sites (tertiary alicyclic amines) is 1. The Labute approximate surface area is 176 Å². The van der Waals surface area contributed by atoms with E-state index >= 15 is 0 Å². The lowest BCUT2D eigenvalue weighted by Gasteiger charge is -2.33. The summed E-state index contributed by atoms with van der Waals surface area (Å²) in [4.78, 5) is 14.1. The van der Waals surface area contributed by atoms with Crippen molar-refractivity contribution in [3.63, 3.8) is 0 Å². The molecule has 2 fully saturated rings. The quantitative estimate of drug-likeness (QED) is 0.672. The number of nitrogens with one attached hydrogen (secondary N) is 1. The summed E-state index contributed by atoms with van der Waals surface area (Å²) in [5.41, 5.74) is 1.95. The van der Waals surface area contributed by atoms with Crippen LogP contribution in [0.3, 0.4) is 0 Å². The number of aryl methyl sites for hydroxylation is 1. The summed E-state index contributed by atoms with van der Waals surface area (Å²) < 4.78 is 7.28. The van der Waals surface area contributed by atoms with E-state index in [1.807, 2.05) is 37.8 Å². The van der Waals surface area contributed by atoms with Crippen LogP contribution in [0.15, 0.2) is 47.5 Å². The molecule has 3 aromatic rings. The molecular weight excluding hydrogens is 378 g/mol. The molecule has 5 heterocycles. The second-order valence-corrected chi connectivity index (χ2v) is 8.37. The fraction of sp³-hybridized carbons (Fsp3) is 0.500. The van der Waals surface area contributed by atoms with Crippen LogP contribution in [0.25, 0.3) is 11.3 Å². The van der Waals surface area contributed by atoms with Gasteiger partial charge in [-0.1, -0.05) is 0 Å². The van der Waals surface area contributed by atoms with Gasteiger partial charge in [-0.2, -0.15) is 5.10 Å². The molecule has 0 bridgehead atoms. The standard InChI is InChI=1S/C22H29N7O/c1-27-14-17(13-24-27)21-4-8-23-22(26-21)29-11-7-19(15-29)25-18-5-9-28(10-6-18)16-20-3-2-12-30-20/h2-4,8,12-14,18-19,25H,5-7,9-11,15-16H2,1H3. The molecule has 2 aliphatic rings. The summed E-state index contributed by atoms with van der Waals surface area (Å²) in [6.45, 7) is 5.10. The first kappa shape index (κ1) is 19.3. The average molecular weight is 408 g/mol. The number of nitrogens with zero attached hydrogens (tertiary/aromatic N) is 6. The van der Waals surface area contributed by atoms with Gasteiger partial charge in [0, 0.05) is 63.3 Å². The largest absolute Gasteiger partial charge is 0.468 e. The number of hydrogen-bond donors (Lipinski definition) is 1. The maximum absolute atomic E-state index is 5.48. The summed E-state index contributed by atoms with van der Waals surface area (Å²) in [6.07, 6.45) is 10.9. The van der Waals surface area contributed by atoms with E-state index in [4.69, 9.17) is 9.40 Å². The molecule has 1 N–H and O–H groups in total. The van der Waals surface area contributed by atoms with E-state index < -0.39 is 0 Å². The predicted molar refractivity (Wildman–Crippen MR) is 115 cm³/mol. The lowest BCUT2D eigenvalue weighted by atomic mass is 10.0. The van der Waals surface area contributed by atoms with Gasteiger partial charge >= 0.3 is 0 Å². The third-order valence-corrected chi connectivity index (χ3v) is 6.13. The summed E-state index contributed by atoms with van der Waals surface area (Å²) in [5, 5.41) is 8.13. The third kappa shape index (κ3) is 4.39. The van der Waals surface area contributed by atoms with Gasteiger partial charge in [-0.05, 0) is 37.5 Å². The fourth-order valence-corrected chi connectivity index (χ4v) is 4.51. The molecule has 0 aliphatic carbocycles. The molecule has 3 aromatic heterocycles. The molecule has 0 radical (unpaired) electrons. The van der Waals surface area contributed by atoms with Crippen LogP contribution in [0.5, 0.6) is 0 Å². The molecule has 0 saturated carbocycles. The van der Waals surface area contributed by atoms with Gasteiger partial charge in [0.15, 0.2) is 0 Å². The zero-order valence-electron chi connectivity index (χ0n) is 17.4. The Morgan fingerprint density at radius 2 is 2.00 bits per heavy atom. The molecule has 8 nitrogen and oxygen atoms in total. The highest BCUT2D eigenvalue weighted by Gasteiger charge is 2.28. The van der Waals surface area contributed by atoms with Crippen LogP contribution in [0.1, 0.15) is 25.0 Å².